The van der Waals surface area contributed by atoms with Gasteiger partial charge in [-0.1, -0.05) is 18.2 Å². The number of anilines is 1. The van der Waals surface area contributed by atoms with E-state index in [2.05, 4.69) is 10.0 Å². The van der Waals surface area contributed by atoms with Crippen molar-refractivity contribution in [3.8, 4) is 0 Å². The molecule has 0 saturated carbocycles. The summed E-state index contributed by atoms with van der Waals surface area (Å²) in [4.78, 5) is 11.1. The molecule has 0 saturated heterocycles. The number of sulfonamides is 1. The number of amides is 1. The van der Waals surface area contributed by atoms with Gasteiger partial charge in [-0.15, -0.1) is 0 Å². The average molecular weight is 388 g/mol. The van der Waals surface area contributed by atoms with Gasteiger partial charge in [-0.05, 0) is 43.3 Å². The van der Waals surface area contributed by atoms with Crippen LogP contribution in [0.15, 0.2) is 63.9 Å². The normalized spacial score (nSPS) is 14.0. The third-order valence-electron chi connectivity index (χ3n) is 4.05. The van der Waals surface area contributed by atoms with Gasteiger partial charge in [0.2, 0.25) is 15.9 Å². The minimum atomic E-state index is -3.84. The molecule has 27 heavy (non-hydrogen) atoms. The lowest BCUT2D eigenvalue weighted by Crippen LogP contribution is -2.38. The summed E-state index contributed by atoms with van der Waals surface area (Å²) in [6, 6.07) is 14.7. The number of furan rings is 1. The zero-order chi connectivity index (χ0) is 19.7. The zero-order valence-electron chi connectivity index (χ0n) is 14.9. The number of carbonyl (C=O) groups excluding carboxylic acids is 1. The summed E-state index contributed by atoms with van der Waals surface area (Å²) in [5.41, 5.74) is -0.415. The first-order valence-corrected chi connectivity index (χ1v) is 9.74. The van der Waals surface area contributed by atoms with Crippen LogP contribution in [-0.2, 0) is 20.4 Å². The Morgan fingerprint density at radius 3 is 2.44 bits per heavy atom. The number of benzene rings is 2. The maximum atomic E-state index is 12.5. The lowest BCUT2D eigenvalue weighted by molar-refractivity contribution is -0.114. The van der Waals surface area contributed by atoms with Crippen LogP contribution in [0.4, 0.5) is 5.69 Å². The molecular formula is C19H20N2O5S. The van der Waals surface area contributed by atoms with E-state index in [1.165, 1.54) is 38.1 Å². The van der Waals surface area contributed by atoms with Gasteiger partial charge in [0.05, 0.1) is 4.90 Å². The summed E-state index contributed by atoms with van der Waals surface area (Å²) in [5.74, 6) is 0.0259. The van der Waals surface area contributed by atoms with Crippen molar-refractivity contribution in [2.24, 2.45) is 0 Å². The number of aliphatic hydroxyl groups is 1. The van der Waals surface area contributed by atoms with Gasteiger partial charge in [0, 0.05) is 24.5 Å². The van der Waals surface area contributed by atoms with E-state index in [4.69, 9.17) is 4.42 Å². The van der Waals surface area contributed by atoms with Gasteiger partial charge in [-0.3, -0.25) is 4.79 Å². The Balaban J connectivity index is 1.74. The van der Waals surface area contributed by atoms with Crippen LogP contribution in [0.25, 0.3) is 11.0 Å². The maximum Gasteiger partial charge on any atom is 0.240 e. The third-order valence-corrected chi connectivity index (χ3v) is 5.46. The molecule has 2 aromatic carbocycles. The molecule has 1 amide bonds. The Morgan fingerprint density at radius 1 is 1.15 bits per heavy atom. The predicted molar refractivity (Wildman–Crippen MR) is 102 cm³/mol. The van der Waals surface area contributed by atoms with Gasteiger partial charge in [-0.25, -0.2) is 13.1 Å². The van der Waals surface area contributed by atoms with Gasteiger partial charge in [0.25, 0.3) is 0 Å². The minimum Gasteiger partial charge on any atom is -0.458 e. The lowest BCUT2D eigenvalue weighted by atomic mass is 10.0. The number of hydrogen-bond acceptors (Lipinski definition) is 5. The standard InChI is InChI=1S/C19H20N2O5S/c1-13(22)21-15-7-9-16(10-8-15)27(24,25)20-12-19(2,23)18-11-14-5-3-4-6-17(14)26-18/h3-11,20,23H,12H2,1-2H3,(H,21,22)/t19-/m0/s1. The van der Waals surface area contributed by atoms with Gasteiger partial charge >= 0.3 is 0 Å². The summed E-state index contributed by atoms with van der Waals surface area (Å²) < 4.78 is 33.0. The van der Waals surface area contributed by atoms with Crippen molar-refractivity contribution in [1.82, 2.24) is 4.72 Å². The molecule has 0 fully saturated rings. The van der Waals surface area contributed by atoms with Crippen molar-refractivity contribution < 1.29 is 22.7 Å². The molecule has 0 aliphatic carbocycles. The molecule has 0 bridgehead atoms. The smallest absolute Gasteiger partial charge is 0.240 e. The second-order valence-corrected chi connectivity index (χ2v) is 8.22. The number of rotatable bonds is 6. The molecular weight excluding hydrogens is 368 g/mol. The summed E-state index contributed by atoms with van der Waals surface area (Å²) in [6.07, 6.45) is 0. The molecule has 142 valence electrons. The van der Waals surface area contributed by atoms with E-state index in [1.54, 1.807) is 12.1 Å². The van der Waals surface area contributed by atoms with Gasteiger partial charge in [0.1, 0.15) is 16.9 Å². The molecule has 8 heteroatoms. The molecule has 7 nitrogen and oxygen atoms in total. The first-order chi connectivity index (χ1) is 12.7. The molecule has 1 aromatic heterocycles. The Labute approximate surface area is 157 Å². The Morgan fingerprint density at radius 2 is 1.81 bits per heavy atom. The topological polar surface area (TPSA) is 109 Å². The highest BCUT2D eigenvalue weighted by Gasteiger charge is 2.29. The molecule has 3 N–H and O–H groups in total. The second kappa shape index (κ2) is 7.15. The SMILES string of the molecule is CC(=O)Nc1ccc(S(=O)(=O)NC[C@](C)(O)c2cc3ccccc3o2)cc1. The van der Waals surface area contributed by atoms with Crippen LogP contribution in [0, 0.1) is 0 Å². The van der Waals surface area contributed by atoms with Crippen molar-refractivity contribution >= 4 is 32.6 Å². The fraction of sp³-hybridized carbons (Fsp3) is 0.211. The van der Waals surface area contributed by atoms with Crippen LogP contribution in [0.3, 0.4) is 0 Å². The molecule has 3 aromatic rings. The van der Waals surface area contributed by atoms with Crippen LogP contribution in [0.5, 0.6) is 0 Å². The number of nitrogens with one attached hydrogen (secondary N) is 2. The van der Waals surface area contributed by atoms with Crippen LogP contribution in [-0.4, -0.2) is 26.0 Å². The monoisotopic (exact) mass is 388 g/mol. The Hall–Kier alpha value is -2.68. The second-order valence-electron chi connectivity index (χ2n) is 6.45. The summed E-state index contributed by atoms with van der Waals surface area (Å²) in [7, 11) is -3.84. The molecule has 0 aliphatic heterocycles. The van der Waals surface area contributed by atoms with Crippen LogP contribution in [0.1, 0.15) is 19.6 Å². The highest BCUT2D eigenvalue weighted by Crippen LogP contribution is 2.28. The molecule has 3 rings (SSSR count). The van der Waals surface area contributed by atoms with Gasteiger partial charge in [0.15, 0.2) is 0 Å². The van der Waals surface area contributed by atoms with E-state index in [9.17, 15) is 18.3 Å². The Kier molecular flexibility index (Phi) is 5.05. The summed E-state index contributed by atoms with van der Waals surface area (Å²) >= 11 is 0. The molecule has 1 atom stereocenters. The quantitative estimate of drug-likeness (QED) is 0.601. The fourth-order valence-electron chi connectivity index (χ4n) is 2.57. The van der Waals surface area contributed by atoms with E-state index in [1.807, 2.05) is 18.2 Å². The van der Waals surface area contributed by atoms with Crippen molar-refractivity contribution in [3.63, 3.8) is 0 Å². The highest BCUT2D eigenvalue weighted by molar-refractivity contribution is 7.89. The average Bonchev–Trinajstić information content (AvgIpc) is 3.05. The first-order valence-electron chi connectivity index (χ1n) is 8.26. The van der Waals surface area contributed by atoms with Gasteiger partial charge < -0.3 is 14.8 Å². The van der Waals surface area contributed by atoms with Gasteiger partial charge in [-0.2, -0.15) is 0 Å². The number of fused-ring (bicyclic) bond motifs is 1. The number of hydrogen-bond donors (Lipinski definition) is 3. The maximum absolute atomic E-state index is 12.5. The van der Waals surface area contributed by atoms with Crippen molar-refractivity contribution in [2.45, 2.75) is 24.3 Å². The molecule has 1 heterocycles. The molecule has 0 radical (unpaired) electrons. The Bertz CT molecular complexity index is 1040. The molecule has 0 spiro atoms. The first kappa shape index (κ1) is 19.1. The fourth-order valence-corrected chi connectivity index (χ4v) is 3.71. The van der Waals surface area contributed by atoms with E-state index < -0.39 is 15.6 Å². The van der Waals surface area contributed by atoms with Crippen molar-refractivity contribution in [1.29, 1.82) is 0 Å². The highest BCUT2D eigenvalue weighted by atomic mass is 32.2. The van der Waals surface area contributed by atoms with E-state index >= 15 is 0 Å². The number of carbonyl (C=O) groups is 1. The van der Waals surface area contributed by atoms with E-state index in [-0.39, 0.29) is 23.1 Å². The van der Waals surface area contributed by atoms with Crippen LogP contribution < -0.4 is 10.0 Å². The number of para-hydroxylation sites is 1. The zero-order valence-corrected chi connectivity index (χ0v) is 15.7. The largest absolute Gasteiger partial charge is 0.458 e. The van der Waals surface area contributed by atoms with Crippen molar-refractivity contribution in [2.75, 3.05) is 11.9 Å². The lowest BCUT2D eigenvalue weighted by Gasteiger charge is -2.21. The predicted octanol–water partition coefficient (Wildman–Crippen LogP) is 2.58. The minimum absolute atomic E-state index is 0.0250. The van der Waals surface area contributed by atoms with E-state index in [0.717, 1.165) is 5.39 Å². The molecule has 0 unspecified atom stereocenters. The summed E-state index contributed by atoms with van der Waals surface area (Å²) in [5, 5.41) is 14.1. The third kappa shape index (κ3) is 4.36. The van der Waals surface area contributed by atoms with Crippen molar-refractivity contribution in [3.05, 3.63) is 60.4 Å². The van der Waals surface area contributed by atoms with Crippen LogP contribution >= 0.6 is 0 Å². The van der Waals surface area contributed by atoms with Crippen LogP contribution in [0.2, 0.25) is 0 Å². The molecule has 0 aliphatic rings. The summed E-state index contributed by atoms with van der Waals surface area (Å²) in [6.45, 7) is 2.59. The van der Waals surface area contributed by atoms with E-state index in [0.29, 0.717) is 11.3 Å².